The van der Waals surface area contributed by atoms with Gasteiger partial charge in [-0.3, -0.25) is 4.89 Å². The Bertz CT molecular complexity index is 261. The quantitative estimate of drug-likeness (QED) is 0.683. The lowest BCUT2D eigenvalue weighted by molar-refractivity contribution is 0.235. The van der Waals surface area contributed by atoms with Gasteiger partial charge >= 0.3 is 21.2 Å². The highest BCUT2D eigenvalue weighted by Gasteiger charge is 2.48. The maximum absolute atomic E-state index is 10.6. The maximum Gasteiger partial charge on any atom is 0.519 e. The van der Waals surface area contributed by atoms with Gasteiger partial charge in [0.2, 0.25) is 0 Å². The van der Waals surface area contributed by atoms with E-state index in [9.17, 15) is 9.13 Å². The van der Waals surface area contributed by atoms with Crippen LogP contribution in [-0.4, -0.2) is 14.7 Å². The van der Waals surface area contributed by atoms with Gasteiger partial charge in [-0.1, -0.05) is 4.31 Å². The normalized spacial score (nSPS) is 18.3. The van der Waals surface area contributed by atoms with Crippen LogP contribution in [0.3, 0.4) is 0 Å². The second-order valence-corrected chi connectivity index (χ2v) is 11.4. The molecule has 13 heavy (non-hydrogen) atoms. The van der Waals surface area contributed by atoms with E-state index in [-0.39, 0.29) is 0 Å². The Balaban J connectivity index is 4.44. The number of rotatable bonds is 4. The van der Waals surface area contributed by atoms with Crippen LogP contribution in [0, 0.1) is 0 Å². The molecule has 1 unspecified atom stereocenters. The number of halogens is 3. The Morgan fingerprint density at radius 3 is 1.69 bits per heavy atom. The molecule has 0 fully saturated rings. The SMILES string of the molecule is O=P(O)(O)OP(=O)(O)O[P+](Cl)(Cl)Cl. The van der Waals surface area contributed by atoms with Gasteiger partial charge in [-0.25, -0.2) is 9.13 Å². The first-order chi connectivity index (χ1) is 5.41. The van der Waals surface area contributed by atoms with Crippen molar-refractivity contribution in [3.63, 3.8) is 0 Å². The third kappa shape index (κ3) is 9.85. The average Bonchev–Trinajstić information content (AvgIpc) is 1.43. The molecule has 0 saturated heterocycles. The lowest BCUT2D eigenvalue weighted by Crippen LogP contribution is -1.89. The molecule has 0 aromatic rings. The molecule has 0 radical (unpaired) electrons. The molecule has 7 nitrogen and oxygen atoms in total. The second kappa shape index (κ2) is 4.60. The van der Waals surface area contributed by atoms with Gasteiger partial charge < -0.3 is 9.79 Å². The van der Waals surface area contributed by atoms with Crippen molar-refractivity contribution in [2.75, 3.05) is 0 Å². The molecule has 3 N–H and O–H groups in total. The molecule has 0 aliphatic carbocycles. The van der Waals surface area contributed by atoms with Crippen molar-refractivity contribution < 1.29 is 32.4 Å². The van der Waals surface area contributed by atoms with Crippen molar-refractivity contribution in [2.45, 2.75) is 0 Å². The highest BCUT2D eigenvalue weighted by Crippen LogP contribution is 2.82. The molecule has 0 amide bonds. The minimum Gasteiger partial charge on any atom is -0.302 e. The van der Waals surface area contributed by atoms with Crippen LogP contribution in [0.15, 0.2) is 0 Å². The fraction of sp³-hybridized carbons (Fsp3) is 0. The van der Waals surface area contributed by atoms with Crippen molar-refractivity contribution in [2.24, 2.45) is 0 Å². The fourth-order valence-electron chi connectivity index (χ4n) is 0.266. The van der Waals surface area contributed by atoms with Gasteiger partial charge in [0, 0.05) is 0 Å². The molecule has 1 atom stereocenters. The van der Waals surface area contributed by atoms with E-state index in [4.69, 9.17) is 48.4 Å². The van der Waals surface area contributed by atoms with E-state index < -0.39 is 21.2 Å². The van der Waals surface area contributed by atoms with Crippen molar-refractivity contribution in [1.29, 1.82) is 0 Å². The molecule has 0 spiro atoms. The number of hydrogen-bond donors (Lipinski definition) is 3. The summed E-state index contributed by atoms with van der Waals surface area (Å²) in [7, 11) is -10.2. The van der Waals surface area contributed by atoms with Crippen LogP contribution in [-0.2, 0) is 17.8 Å². The van der Waals surface area contributed by atoms with Gasteiger partial charge in [0.25, 0.3) is 0 Å². The van der Waals surface area contributed by atoms with Crippen LogP contribution in [0.2, 0.25) is 0 Å². The molecule has 0 saturated carbocycles. The molecule has 0 aliphatic heterocycles. The van der Waals surface area contributed by atoms with E-state index in [1.807, 2.05) is 0 Å². The lowest BCUT2D eigenvalue weighted by Gasteiger charge is -2.09. The Kier molecular flexibility index (Phi) is 5.15. The van der Waals surface area contributed by atoms with Crippen LogP contribution in [0.5, 0.6) is 0 Å². The summed E-state index contributed by atoms with van der Waals surface area (Å²) in [5, 5.41) is 0. The minimum absolute atomic E-state index is 3.33. The van der Waals surface area contributed by atoms with Crippen LogP contribution >= 0.6 is 54.9 Å². The van der Waals surface area contributed by atoms with Gasteiger partial charge in [-0.05, 0) is 0 Å². The zero-order chi connectivity index (χ0) is 10.9. The Hall–Kier alpha value is 1.56. The summed E-state index contributed by atoms with van der Waals surface area (Å²) < 4.78 is 27.9. The first-order valence-corrected chi connectivity index (χ1v) is 9.65. The van der Waals surface area contributed by atoms with Gasteiger partial charge in [-0.2, -0.15) is 4.31 Å². The zero-order valence-corrected chi connectivity index (χ0v) is 10.4. The van der Waals surface area contributed by atoms with E-state index in [2.05, 4.69) is 8.62 Å². The molecular formula is H3Cl3O7P3+. The first kappa shape index (κ1) is 14.6. The zero-order valence-electron chi connectivity index (χ0n) is 5.45. The fourth-order valence-corrected chi connectivity index (χ4v) is 4.77. The summed E-state index contributed by atoms with van der Waals surface area (Å²) in [6.07, 6.45) is 0. The topological polar surface area (TPSA) is 113 Å². The molecule has 0 aliphatic rings. The van der Waals surface area contributed by atoms with Crippen LogP contribution in [0.25, 0.3) is 0 Å². The molecule has 80 valence electrons. The van der Waals surface area contributed by atoms with Crippen LogP contribution in [0.1, 0.15) is 0 Å². The van der Waals surface area contributed by atoms with E-state index >= 15 is 0 Å². The molecule has 0 rings (SSSR count). The summed E-state index contributed by atoms with van der Waals surface area (Å²) in [5.41, 5.74) is -3.69. The van der Waals surface area contributed by atoms with Crippen LogP contribution < -0.4 is 0 Å². The van der Waals surface area contributed by atoms with Gasteiger partial charge in [-0.15, -0.1) is 0 Å². The van der Waals surface area contributed by atoms with Crippen LogP contribution in [0.4, 0.5) is 0 Å². The summed E-state index contributed by atoms with van der Waals surface area (Å²) in [4.78, 5) is 24.8. The second-order valence-electron chi connectivity index (χ2n) is 1.52. The highest BCUT2D eigenvalue weighted by atomic mass is 36.1. The summed E-state index contributed by atoms with van der Waals surface area (Å²) >= 11 is 15.0. The molecule has 0 bridgehead atoms. The molecule has 0 heterocycles. The molecule has 0 aromatic heterocycles. The standard InChI is InChI=1S/Cl3H2O7P3/c1-11(2,3)9-13(7,8)10-12(4,5)6/h(H2-,4,5,6,7,8)/p+1. The maximum atomic E-state index is 10.6. The van der Waals surface area contributed by atoms with E-state index in [1.54, 1.807) is 0 Å². The third-order valence-electron chi connectivity index (χ3n) is 0.405. The van der Waals surface area contributed by atoms with Gasteiger partial charge in [0.15, 0.2) is 33.7 Å². The van der Waals surface area contributed by atoms with Crippen molar-refractivity contribution in [1.82, 2.24) is 0 Å². The van der Waals surface area contributed by atoms with Crippen molar-refractivity contribution in [3.05, 3.63) is 0 Å². The molecular weight excluding hydrogens is 311 g/mol. The minimum atomic E-state index is -5.17. The van der Waals surface area contributed by atoms with E-state index in [0.29, 0.717) is 0 Å². The van der Waals surface area contributed by atoms with Gasteiger partial charge in [0.05, 0.1) is 0 Å². The Morgan fingerprint density at radius 2 is 1.46 bits per heavy atom. The largest absolute Gasteiger partial charge is 0.519 e. The first-order valence-electron chi connectivity index (χ1n) is 2.20. The highest BCUT2D eigenvalue weighted by molar-refractivity contribution is 8.31. The summed E-state index contributed by atoms with van der Waals surface area (Å²) in [6.45, 7) is 0. The predicted octanol–water partition coefficient (Wildman–Crippen LogP) is 2.61. The molecule has 0 aromatic carbocycles. The van der Waals surface area contributed by atoms with E-state index in [1.165, 1.54) is 0 Å². The Morgan fingerprint density at radius 1 is 1.08 bits per heavy atom. The smallest absolute Gasteiger partial charge is 0.302 e. The summed E-state index contributed by atoms with van der Waals surface area (Å²) in [6, 6.07) is 0. The predicted molar refractivity (Wildman–Crippen MR) is 48.5 cm³/mol. The summed E-state index contributed by atoms with van der Waals surface area (Å²) in [5.74, 6) is 0. The Labute approximate surface area is 87.5 Å². The number of phosphoric acid groups is 2. The number of hydrogen-bond acceptors (Lipinski definition) is 4. The van der Waals surface area contributed by atoms with Crippen molar-refractivity contribution >= 4 is 54.9 Å². The third-order valence-corrected chi connectivity index (χ3v) is 5.31. The van der Waals surface area contributed by atoms with Gasteiger partial charge in [0.1, 0.15) is 0 Å². The average molecular weight is 314 g/mol. The van der Waals surface area contributed by atoms with E-state index in [0.717, 1.165) is 0 Å². The van der Waals surface area contributed by atoms with Crippen molar-refractivity contribution in [3.8, 4) is 0 Å². The molecule has 13 heteroatoms. The lowest BCUT2D eigenvalue weighted by atomic mass is 15.7. The monoisotopic (exact) mass is 313 g/mol.